The number of hydrogen-bond donors (Lipinski definition) is 0. The van der Waals surface area contributed by atoms with E-state index in [1.807, 2.05) is 6.07 Å². The zero-order valence-electron chi connectivity index (χ0n) is 8.71. The van der Waals surface area contributed by atoms with Gasteiger partial charge >= 0.3 is 0 Å². The van der Waals surface area contributed by atoms with Gasteiger partial charge < -0.3 is 4.43 Å². The largest absolute Gasteiger partial charge is 0.546 e. The van der Waals surface area contributed by atoms with Crippen molar-refractivity contribution in [2.24, 2.45) is 0 Å². The molecule has 0 aliphatic heterocycles. The van der Waals surface area contributed by atoms with Gasteiger partial charge in [-0.2, -0.15) is 0 Å². The minimum Gasteiger partial charge on any atom is -0.546 e. The van der Waals surface area contributed by atoms with Gasteiger partial charge in [0.05, 0.1) is 0 Å². The molecule has 0 spiro atoms. The Morgan fingerprint density at radius 2 is 1.77 bits per heavy atom. The monoisotopic (exact) mass is 194 g/mol. The molecule has 1 aromatic carbocycles. The van der Waals surface area contributed by atoms with Crippen LogP contribution < -0.4 is 4.43 Å². The summed E-state index contributed by atoms with van der Waals surface area (Å²) < 4.78 is 5.98. The molecular formula is C11H18OSi. The summed E-state index contributed by atoms with van der Waals surface area (Å²) in [4.78, 5) is 0. The third-order valence-corrected chi connectivity index (χ3v) is 4.71. The van der Waals surface area contributed by atoms with Gasteiger partial charge in [0.1, 0.15) is 5.75 Å². The highest BCUT2D eigenvalue weighted by molar-refractivity contribution is 6.52. The van der Waals surface area contributed by atoms with Crippen LogP contribution in [-0.4, -0.2) is 9.04 Å². The average Bonchev–Trinajstić information content (AvgIpc) is 2.17. The van der Waals surface area contributed by atoms with Crippen molar-refractivity contribution in [1.82, 2.24) is 0 Å². The number of para-hydroxylation sites is 1. The van der Waals surface area contributed by atoms with Crippen LogP contribution in [0.15, 0.2) is 24.3 Å². The van der Waals surface area contributed by atoms with Crippen LogP contribution in [0.5, 0.6) is 5.75 Å². The van der Waals surface area contributed by atoms with E-state index in [0.717, 1.165) is 5.75 Å². The Morgan fingerprint density at radius 3 is 2.31 bits per heavy atom. The lowest BCUT2D eigenvalue weighted by molar-refractivity contribution is 0.561. The van der Waals surface area contributed by atoms with Crippen molar-refractivity contribution in [3.63, 3.8) is 0 Å². The Balaban J connectivity index is 2.67. The van der Waals surface area contributed by atoms with Gasteiger partial charge in [-0.1, -0.05) is 32.0 Å². The molecule has 1 nitrogen and oxygen atoms in total. The molecule has 0 saturated carbocycles. The predicted molar refractivity (Wildman–Crippen MR) is 59.9 cm³/mol. The SMILES string of the molecule is CC[SiH](CC)Oc1ccccc1C. The summed E-state index contributed by atoms with van der Waals surface area (Å²) in [5, 5.41) is 0. The van der Waals surface area contributed by atoms with E-state index in [-0.39, 0.29) is 0 Å². The van der Waals surface area contributed by atoms with Crippen LogP contribution >= 0.6 is 0 Å². The zero-order chi connectivity index (χ0) is 9.68. The molecule has 0 radical (unpaired) electrons. The van der Waals surface area contributed by atoms with E-state index >= 15 is 0 Å². The Kier molecular flexibility index (Phi) is 4.03. The second-order valence-electron chi connectivity index (χ2n) is 3.32. The van der Waals surface area contributed by atoms with Gasteiger partial charge in [0, 0.05) is 0 Å². The smallest absolute Gasteiger partial charge is 0.235 e. The van der Waals surface area contributed by atoms with Crippen molar-refractivity contribution < 1.29 is 4.43 Å². The summed E-state index contributed by atoms with van der Waals surface area (Å²) >= 11 is 0. The lowest BCUT2D eigenvalue weighted by atomic mass is 10.2. The van der Waals surface area contributed by atoms with Gasteiger partial charge in [-0.3, -0.25) is 0 Å². The van der Waals surface area contributed by atoms with E-state index < -0.39 is 9.04 Å². The maximum Gasteiger partial charge on any atom is 0.235 e. The molecular weight excluding hydrogens is 176 g/mol. The van der Waals surface area contributed by atoms with Crippen LogP contribution in [0.1, 0.15) is 19.4 Å². The summed E-state index contributed by atoms with van der Waals surface area (Å²) in [5.41, 5.74) is 1.25. The second kappa shape index (κ2) is 5.07. The van der Waals surface area contributed by atoms with Crippen LogP contribution in [0.2, 0.25) is 12.1 Å². The predicted octanol–water partition coefficient (Wildman–Crippen LogP) is 3.14. The second-order valence-corrected chi connectivity index (χ2v) is 6.43. The fourth-order valence-corrected chi connectivity index (χ4v) is 2.86. The molecule has 0 fully saturated rings. The summed E-state index contributed by atoms with van der Waals surface area (Å²) in [7, 11) is -0.947. The molecule has 72 valence electrons. The van der Waals surface area contributed by atoms with Crippen LogP contribution in [0.25, 0.3) is 0 Å². The van der Waals surface area contributed by atoms with Crippen LogP contribution in [-0.2, 0) is 0 Å². The van der Waals surface area contributed by atoms with E-state index in [9.17, 15) is 0 Å². The highest BCUT2D eigenvalue weighted by Gasteiger charge is 2.08. The van der Waals surface area contributed by atoms with Gasteiger partial charge in [-0.05, 0) is 30.6 Å². The lowest BCUT2D eigenvalue weighted by Gasteiger charge is -2.15. The van der Waals surface area contributed by atoms with Crippen molar-refractivity contribution >= 4 is 9.04 Å². The first-order valence-electron chi connectivity index (χ1n) is 5.00. The van der Waals surface area contributed by atoms with Crippen molar-refractivity contribution in [3.8, 4) is 5.75 Å². The summed E-state index contributed by atoms with van der Waals surface area (Å²) in [6, 6.07) is 10.7. The fraction of sp³-hybridized carbons (Fsp3) is 0.455. The van der Waals surface area contributed by atoms with Crippen LogP contribution in [0, 0.1) is 6.92 Å². The van der Waals surface area contributed by atoms with E-state index in [0.29, 0.717) is 0 Å². The van der Waals surface area contributed by atoms with Gasteiger partial charge in [0.25, 0.3) is 0 Å². The van der Waals surface area contributed by atoms with Gasteiger partial charge in [0.15, 0.2) is 0 Å². The number of aryl methyl sites for hydroxylation is 1. The molecule has 0 amide bonds. The minimum absolute atomic E-state index is 0.947. The third kappa shape index (κ3) is 2.88. The van der Waals surface area contributed by atoms with Crippen LogP contribution in [0.3, 0.4) is 0 Å². The Labute approximate surface area is 82.5 Å². The molecule has 0 atom stereocenters. The van der Waals surface area contributed by atoms with Crippen molar-refractivity contribution in [2.75, 3.05) is 0 Å². The molecule has 0 aromatic heterocycles. The standard InChI is InChI=1S/C11H18OSi/c1-4-13(5-2)12-11-9-7-6-8-10(11)3/h6-9,13H,4-5H2,1-3H3. The lowest BCUT2D eigenvalue weighted by Crippen LogP contribution is -2.19. The first-order chi connectivity index (χ1) is 6.27. The molecule has 0 saturated heterocycles. The highest BCUT2D eigenvalue weighted by atomic mass is 28.3. The number of hydrogen-bond acceptors (Lipinski definition) is 1. The molecule has 1 aromatic rings. The zero-order valence-corrected chi connectivity index (χ0v) is 9.86. The van der Waals surface area contributed by atoms with Crippen molar-refractivity contribution in [3.05, 3.63) is 29.8 Å². The fourth-order valence-electron chi connectivity index (χ4n) is 1.32. The van der Waals surface area contributed by atoms with Gasteiger partial charge in [-0.15, -0.1) is 0 Å². The van der Waals surface area contributed by atoms with Crippen molar-refractivity contribution in [1.29, 1.82) is 0 Å². The highest BCUT2D eigenvalue weighted by Crippen LogP contribution is 2.18. The Hall–Kier alpha value is -0.763. The van der Waals surface area contributed by atoms with E-state index in [4.69, 9.17) is 4.43 Å². The van der Waals surface area contributed by atoms with E-state index in [1.54, 1.807) is 0 Å². The Morgan fingerprint density at radius 1 is 1.15 bits per heavy atom. The maximum absolute atomic E-state index is 5.98. The van der Waals surface area contributed by atoms with Gasteiger partial charge in [0.2, 0.25) is 9.04 Å². The van der Waals surface area contributed by atoms with Gasteiger partial charge in [-0.25, -0.2) is 0 Å². The third-order valence-electron chi connectivity index (χ3n) is 2.30. The summed E-state index contributed by atoms with van der Waals surface area (Å²) in [5.74, 6) is 1.09. The quantitative estimate of drug-likeness (QED) is 0.669. The molecule has 0 bridgehead atoms. The minimum atomic E-state index is -0.947. The maximum atomic E-state index is 5.98. The van der Waals surface area contributed by atoms with E-state index in [2.05, 4.69) is 39.0 Å². The molecule has 0 heterocycles. The summed E-state index contributed by atoms with van der Waals surface area (Å²) in [6.07, 6.45) is 0. The topological polar surface area (TPSA) is 9.23 Å². The average molecular weight is 194 g/mol. The molecule has 1 rings (SSSR count). The summed E-state index contributed by atoms with van der Waals surface area (Å²) in [6.45, 7) is 6.55. The first-order valence-corrected chi connectivity index (χ1v) is 7.10. The van der Waals surface area contributed by atoms with Crippen molar-refractivity contribution in [2.45, 2.75) is 32.9 Å². The molecule has 13 heavy (non-hydrogen) atoms. The molecule has 0 aliphatic carbocycles. The first kappa shape index (κ1) is 10.3. The normalized spacial score (nSPS) is 10.5. The molecule has 0 unspecified atom stereocenters. The molecule has 0 N–H and O–H groups in total. The number of benzene rings is 1. The molecule has 2 heteroatoms. The number of rotatable bonds is 4. The molecule has 0 aliphatic rings. The Bertz CT molecular complexity index is 256. The van der Waals surface area contributed by atoms with Crippen LogP contribution in [0.4, 0.5) is 0 Å². The van der Waals surface area contributed by atoms with E-state index in [1.165, 1.54) is 17.7 Å².